The Bertz CT molecular complexity index is 200. The monoisotopic (exact) mass is 157 g/mol. The Hall–Kier alpha value is -0.770. The van der Waals surface area contributed by atoms with Crippen LogP contribution in [0.2, 0.25) is 0 Å². The van der Waals surface area contributed by atoms with Gasteiger partial charge in [0.1, 0.15) is 0 Å². The predicted octanol–water partition coefficient (Wildman–Crippen LogP) is 0.264. The number of carbonyl (C=O) groups is 1. The summed E-state index contributed by atoms with van der Waals surface area (Å²) >= 11 is 0. The summed E-state index contributed by atoms with van der Waals surface area (Å²) in [7, 11) is 0. The van der Waals surface area contributed by atoms with Crippen LogP contribution >= 0.6 is 0 Å². The Morgan fingerprint density at radius 3 is 2.45 bits per heavy atom. The summed E-state index contributed by atoms with van der Waals surface area (Å²) in [6.07, 6.45) is 1.45. The lowest BCUT2D eigenvalue weighted by molar-refractivity contribution is -0.0193. The van der Waals surface area contributed by atoms with E-state index in [1.54, 1.807) is 0 Å². The quantitative estimate of drug-likeness (QED) is 0.574. The molecule has 2 fully saturated rings. The van der Waals surface area contributed by atoms with Crippen LogP contribution < -0.4 is 0 Å². The normalized spacial score (nSPS) is 32.8. The number of aliphatic hydroxyl groups is 1. The summed E-state index contributed by atoms with van der Waals surface area (Å²) in [5.74, 6) is 0. The molecule has 1 saturated heterocycles. The van der Waals surface area contributed by atoms with Crippen molar-refractivity contribution in [2.24, 2.45) is 0 Å². The number of rotatable bonds is 1. The van der Waals surface area contributed by atoms with Gasteiger partial charge in [-0.25, -0.2) is 4.79 Å². The van der Waals surface area contributed by atoms with Crippen LogP contribution in [-0.2, 0) is 0 Å². The summed E-state index contributed by atoms with van der Waals surface area (Å²) in [5, 5.41) is 18.2. The Balaban J connectivity index is 2.01. The van der Waals surface area contributed by atoms with Gasteiger partial charge in [0.05, 0.1) is 11.6 Å². The molecule has 11 heavy (non-hydrogen) atoms. The maximum absolute atomic E-state index is 10.5. The van der Waals surface area contributed by atoms with E-state index >= 15 is 0 Å². The Labute approximate surface area is 64.4 Å². The Morgan fingerprint density at radius 2 is 2.18 bits per heavy atom. The van der Waals surface area contributed by atoms with Gasteiger partial charge in [-0.1, -0.05) is 0 Å². The minimum absolute atomic E-state index is 0.111. The van der Waals surface area contributed by atoms with Crippen LogP contribution in [0, 0.1) is 0 Å². The number of nitrogens with zero attached hydrogens (tertiary/aromatic N) is 1. The lowest BCUT2D eigenvalue weighted by atomic mass is 9.96. The number of carboxylic acid groups (broad SMARTS) is 1. The summed E-state index contributed by atoms with van der Waals surface area (Å²) in [5.41, 5.74) is -0.656. The van der Waals surface area contributed by atoms with Gasteiger partial charge in [0, 0.05) is 6.54 Å². The molecule has 1 aliphatic carbocycles. The highest BCUT2D eigenvalue weighted by Gasteiger charge is 2.54. The molecule has 1 unspecified atom stereocenters. The largest absolute Gasteiger partial charge is 0.465 e. The molecule has 4 heteroatoms. The van der Waals surface area contributed by atoms with E-state index in [1.807, 2.05) is 0 Å². The summed E-state index contributed by atoms with van der Waals surface area (Å²) in [6, 6.07) is -0.111. The van der Waals surface area contributed by atoms with Crippen molar-refractivity contribution in [3.63, 3.8) is 0 Å². The molecule has 2 rings (SSSR count). The summed E-state index contributed by atoms with van der Waals surface area (Å²) in [6.45, 7) is 0.586. The minimum Gasteiger partial charge on any atom is -0.465 e. The van der Waals surface area contributed by atoms with Gasteiger partial charge in [0.25, 0.3) is 0 Å². The van der Waals surface area contributed by atoms with E-state index in [4.69, 9.17) is 5.11 Å². The van der Waals surface area contributed by atoms with Crippen molar-refractivity contribution in [3.05, 3.63) is 0 Å². The topological polar surface area (TPSA) is 60.8 Å². The number of hydrogen-bond donors (Lipinski definition) is 2. The predicted molar refractivity (Wildman–Crippen MR) is 37.3 cm³/mol. The third kappa shape index (κ3) is 0.894. The molecule has 2 N–H and O–H groups in total. The van der Waals surface area contributed by atoms with Crippen LogP contribution in [0.4, 0.5) is 4.79 Å². The van der Waals surface area contributed by atoms with Crippen LogP contribution in [0.3, 0.4) is 0 Å². The third-order valence-electron chi connectivity index (χ3n) is 2.65. The second-order valence-corrected chi connectivity index (χ2v) is 3.38. The Morgan fingerprint density at radius 1 is 1.55 bits per heavy atom. The van der Waals surface area contributed by atoms with E-state index in [9.17, 15) is 9.90 Å². The Kier molecular flexibility index (Phi) is 1.18. The van der Waals surface area contributed by atoms with E-state index in [2.05, 4.69) is 0 Å². The zero-order valence-corrected chi connectivity index (χ0v) is 6.16. The van der Waals surface area contributed by atoms with Crippen LogP contribution in [0.15, 0.2) is 0 Å². The second-order valence-electron chi connectivity index (χ2n) is 3.38. The van der Waals surface area contributed by atoms with E-state index in [0.29, 0.717) is 6.54 Å². The van der Waals surface area contributed by atoms with Crippen LogP contribution in [0.25, 0.3) is 0 Å². The molecule has 2 aliphatic rings. The smallest absolute Gasteiger partial charge is 0.407 e. The minimum atomic E-state index is -0.901. The lowest BCUT2D eigenvalue weighted by Gasteiger charge is -2.41. The first-order valence-electron chi connectivity index (χ1n) is 3.85. The number of amides is 1. The number of likely N-dealkylation sites (tertiary alicyclic amines) is 1. The summed E-state index contributed by atoms with van der Waals surface area (Å²) in [4.78, 5) is 11.8. The highest BCUT2D eigenvalue weighted by molar-refractivity contribution is 5.67. The molecule has 0 aromatic heterocycles. The average Bonchev–Trinajstić information content (AvgIpc) is 2.42. The van der Waals surface area contributed by atoms with E-state index in [1.165, 1.54) is 4.90 Å². The highest BCUT2D eigenvalue weighted by atomic mass is 16.4. The van der Waals surface area contributed by atoms with E-state index < -0.39 is 11.7 Å². The third-order valence-corrected chi connectivity index (χ3v) is 2.65. The zero-order chi connectivity index (χ0) is 8.06. The molecule has 1 amide bonds. The van der Waals surface area contributed by atoms with Gasteiger partial charge in [-0.05, 0) is 19.3 Å². The second kappa shape index (κ2) is 1.88. The molecule has 1 aliphatic heterocycles. The van der Waals surface area contributed by atoms with E-state index in [0.717, 1.165) is 19.3 Å². The van der Waals surface area contributed by atoms with Crippen molar-refractivity contribution in [2.75, 3.05) is 6.54 Å². The maximum Gasteiger partial charge on any atom is 0.407 e. The first-order chi connectivity index (χ1) is 5.13. The molecule has 0 spiro atoms. The van der Waals surface area contributed by atoms with Gasteiger partial charge in [0.2, 0.25) is 0 Å². The van der Waals surface area contributed by atoms with Crippen molar-refractivity contribution < 1.29 is 15.0 Å². The van der Waals surface area contributed by atoms with Crippen LogP contribution in [-0.4, -0.2) is 39.4 Å². The molecule has 0 bridgehead atoms. The molecule has 1 saturated carbocycles. The van der Waals surface area contributed by atoms with Gasteiger partial charge in [-0.15, -0.1) is 0 Å². The molecule has 0 aromatic rings. The summed E-state index contributed by atoms with van der Waals surface area (Å²) < 4.78 is 0. The first kappa shape index (κ1) is 6.91. The molecule has 1 heterocycles. The SMILES string of the molecule is O=C(O)N1CCC1C1(O)CC1. The zero-order valence-electron chi connectivity index (χ0n) is 6.16. The van der Waals surface area contributed by atoms with Gasteiger partial charge in [0.15, 0.2) is 0 Å². The lowest BCUT2D eigenvalue weighted by Crippen LogP contribution is -2.57. The van der Waals surface area contributed by atoms with Crippen molar-refractivity contribution in [3.8, 4) is 0 Å². The fourth-order valence-electron chi connectivity index (χ4n) is 1.64. The van der Waals surface area contributed by atoms with Gasteiger partial charge < -0.3 is 15.1 Å². The van der Waals surface area contributed by atoms with Crippen LogP contribution in [0.5, 0.6) is 0 Å². The molecule has 0 aromatic carbocycles. The first-order valence-corrected chi connectivity index (χ1v) is 3.85. The van der Waals surface area contributed by atoms with Crippen molar-refractivity contribution >= 4 is 6.09 Å². The number of hydrogen-bond acceptors (Lipinski definition) is 2. The molecule has 0 radical (unpaired) electrons. The average molecular weight is 157 g/mol. The molecule has 1 atom stereocenters. The fourth-order valence-corrected chi connectivity index (χ4v) is 1.64. The molecule has 62 valence electrons. The highest BCUT2D eigenvalue weighted by Crippen LogP contribution is 2.45. The molecule has 4 nitrogen and oxygen atoms in total. The molecular formula is C7H11NO3. The molecular weight excluding hydrogens is 146 g/mol. The maximum atomic E-state index is 10.5. The van der Waals surface area contributed by atoms with Crippen LogP contribution in [0.1, 0.15) is 19.3 Å². The van der Waals surface area contributed by atoms with Crippen molar-refractivity contribution in [1.82, 2.24) is 4.90 Å². The van der Waals surface area contributed by atoms with Gasteiger partial charge >= 0.3 is 6.09 Å². The van der Waals surface area contributed by atoms with Gasteiger partial charge in [-0.3, -0.25) is 0 Å². The standard InChI is InChI=1S/C7H11NO3/c9-6(10)8-4-1-5(8)7(11)2-3-7/h5,11H,1-4H2,(H,9,10). The fraction of sp³-hybridized carbons (Fsp3) is 0.857. The van der Waals surface area contributed by atoms with Gasteiger partial charge in [-0.2, -0.15) is 0 Å². The van der Waals surface area contributed by atoms with Crippen molar-refractivity contribution in [2.45, 2.75) is 30.9 Å². The van der Waals surface area contributed by atoms with Crippen molar-refractivity contribution in [1.29, 1.82) is 0 Å². The van der Waals surface area contributed by atoms with E-state index in [-0.39, 0.29) is 6.04 Å².